The Morgan fingerprint density at radius 3 is 2.71 bits per heavy atom. The summed E-state index contributed by atoms with van der Waals surface area (Å²) < 4.78 is 0. The van der Waals surface area contributed by atoms with E-state index in [9.17, 15) is 0 Å². The third kappa shape index (κ3) is 2.74. The third-order valence-corrected chi connectivity index (χ3v) is 6.66. The Labute approximate surface area is 152 Å². The lowest BCUT2D eigenvalue weighted by Crippen LogP contribution is -2.35. The molecule has 0 N–H and O–H groups in total. The van der Waals surface area contributed by atoms with E-state index in [-0.39, 0.29) is 12.1 Å². The Morgan fingerprint density at radius 2 is 2.04 bits per heavy atom. The van der Waals surface area contributed by atoms with E-state index in [1.54, 1.807) is 11.8 Å². The Morgan fingerprint density at radius 1 is 1.21 bits per heavy atom. The van der Waals surface area contributed by atoms with Crippen LogP contribution in [0.5, 0.6) is 0 Å². The number of fused-ring (bicyclic) bond motifs is 1. The lowest BCUT2D eigenvalue weighted by Gasteiger charge is -2.32. The van der Waals surface area contributed by atoms with Crippen molar-refractivity contribution in [2.24, 2.45) is 4.99 Å². The topological polar surface area (TPSA) is 28.5 Å². The minimum atomic E-state index is 0.0863. The number of hydrogen-bond donors (Lipinski definition) is 0. The summed E-state index contributed by atoms with van der Waals surface area (Å²) in [6.07, 6.45) is 5.14. The number of aliphatic imine (C=N–C) groups is 1. The van der Waals surface area contributed by atoms with E-state index >= 15 is 0 Å². The van der Waals surface area contributed by atoms with Crippen molar-refractivity contribution >= 4 is 28.7 Å². The minimum Gasteiger partial charge on any atom is -0.338 e. The molecular formula is C19H21N3S2. The SMILES string of the molecule is CC[C@@H]1CSC2=N[C@@H](c3ccccn3)[C@@H](c3ccc(SC)cc3)N21. The number of aromatic nitrogens is 1. The summed E-state index contributed by atoms with van der Waals surface area (Å²) in [5.74, 6) is 1.14. The molecule has 0 aliphatic carbocycles. The zero-order valence-electron chi connectivity index (χ0n) is 13.9. The Hall–Kier alpha value is -1.46. The molecule has 1 aromatic carbocycles. The second-order valence-corrected chi connectivity index (χ2v) is 7.98. The summed E-state index contributed by atoms with van der Waals surface area (Å²) in [5.41, 5.74) is 2.40. The summed E-state index contributed by atoms with van der Waals surface area (Å²) in [5, 5.41) is 1.19. The molecule has 0 saturated carbocycles. The molecule has 1 fully saturated rings. The van der Waals surface area contributed by atoms with Crippen LogP contribution in [0.25, 0.3) is 0 Å². The Kier molecular flexibility index (Phi) is 4.55. The first kappa shape index (κ1) is 16.0. The predicted octanol–water partition coefficient (Wildman–Crippen LogP) is 4.78. The monoisotopic (exact) mass is 355 g/mol. The van der Waals surface area contributed by atoms with E-state index in [2.05, 4.69) is 59.5 Å². The van der Waals surface area contributed by atoms with Gasteiger partial charge in [0.25, 0.3) is 0 Å². The molecule has 0 spiro atoms. The Bertz CT molecular complexity index is 730. The second kappa shape index (κ2) is 6.81. The van der Waals surface area contributed by atoms with Crippen LogP contribution in [-0.4, -0.2) is 33.1 Å². The summed E-state index contributed by atoms with van der Waals surface area (Å²) >= 11 is 3.68. The summed E-state index contributed by atoms with van der Waals surface area (Å²) in [7, 11) is 0. The van der Waals surface area contributed by atoms with Crippen molar-refractivity contribution in [2.45, 2.75) is 36.4 Å². The predicted molar refractivity (Wildman–Crippen MR) is 104 cm³/mol. The first-order valence-electron chi connectivity index (χ1n) is 8.35. The normalized spacial score (nSPS) is 25.7. The maximum Gasteiger partial charge on any atom is 0.160 e. The van der Waals surface area contributed by atoms with Crippen LogP contribution in [0, 0.1) is 0 Å². The van der Waals surface area contributed by atoms with Gasteiger partial charge in [0.05, 0.1) is 11.7 Å². The molecule has 0 unspecified atom stereocenters. The molecule has 1 aromatic heterocycles. The molecule has 3 atom stereocenters. The van der Waals surface area contributed by atoms with E-state index < -0.39 is 0 Å². The van der Waals surface area contributed by atoms with Crippen molar-refractivity contribution in [3.63, 3.8) is 0 Å². The first-order chi connectivity index (χ1) is 11.8. The van der Waals surface area contributed by atoms with Gasteiger partial charge in [0.15, 0.2) is 5.17 Å². The molecule has 124 valence electrons. The highest BCUT2D eigenvalue weighted by Crippen LogP contribution is 2.48. The lowest BCUT2D eigenvalue weighted by molar-refractivity contribution is 0.255. The number of amidine groups is 1. The number of hydrogen-bond acceptors (Lipinski definition) is 5. The number of thioether (sulfide) groups is 2. The molecule has 2 aliphatic heterocycles. The van der Waals surface area contributed by atoms with Gasteiger partial charge in [0.1, 0.15) is 6.04 Å². The van der Waals surface area contributed by atoms with Gasteiger partial charge in [-0.05, 0) is 42.5 Å². The van der Waals surface area contributed by atoms with Crippen molar-refractivity contribution in [1.29, 1.82) is 0 Å². The molecule has 0 amide bonds. The van der Waals surface area contributed by atoms with Gasteiger partial charge in [-0.3, -0.25) is 9.98 Å². The van der Waals surface area contributed by atoms with E-state index in [0.717, 1.165) is 17.9 Å². The van der Waals surface area contributed by atoms with Crippen molar-refractivity contribution < 1.29 is 0 Å². The minimum absolute atomic E-state index is 0.0863. The van der Waals surface area contributed by atoms with E-state index in [4.69, 9.17) is 4.99 Å². The lowest BCUT2D eigenvalue weighted by atomic mass is 9.95. The molecule has 24 heavy (non-hydrogen) atoms. The summed E-state index contributed by atoms with van der Waals surface area (Å²) in [6.45, 7) is 2.27. The fourth-order valence-corrected chi connectivity index (χ4v) is 5.26. The zero-order chi connectivity index (χ0) is 16.5. The second-order valence-electron chi connectivity index (χ2n) is 6.11. The molecule has 0 radical (unpaired) electrons. The molecule has 0 bridgehead atoms. The van der Waals surface area contributed by atoms with Crippen molar-refractivity contribution in [3.8, 4) is 0 Å². The van der Waals surface area contributed by atoms with Crippen LogP contribution in [0.1, 0.15) is 36.7 Å². The number of benzene rings is 1. The van der Waals surface area contributed by atoms with Crippen molar-refractivity contribution in [1.82, 2.24) is 9.88 Å². The molecule has 2 aromatic rings. The van der Waals surface area contributed by atoms with Crippen LogP contribution in [0.2, 0.25) is 0 Å². The van der Waals surface area contributed by atoms with E-state index in [1.165, 1.54) is 15.6 Å². The van der Waals surface area contributed by atoms with Gasteiger partial charge in [-0.2, -0.15) is 0 Å². The van der Waals surface area contributed by atoms with Gasteiger partial charge < -0.3 is 4.90 Å². The third-order valence-electron chi connectivity index (χ3n) is 4.79. The molecule has 1 saturated heterocycles. The summed E-state index contributed by atoms with van der Waals surface area (Å²) in [6, 6.07) is 16.0. The quantitative estimate of drug-likeness (QED) is 0.738. The molecule has 3 nitrogen and oxygen atoms in total. The maximum absolute atomic E-state index is 5.06. The van der Waals surface area contributed by atoms with Crippen LogP contribution in [0.15, 0.2) is 58.5 Å². The van der Waals surface area contributed by atoms with Crippen molar-refractivity contribution in [3.05, 3.63) is 59.9 Å². The van der Waals surface area contributed by atoms with Crippen LogP contribution in [0.3, 0.4) is 0 Å². The molecular weight excluding hydrogens is 334 g/mol. The van der Waals surface area contributed by atoms with Gasteiger partial charge >= 0.3 is 0 Å². The highest BCUT2D eigenvalue weighted by atomic mass is 32.2. The van der Waals surface area contributed by atoms with Crippen LogP contribution in [0.4, 0.5) is 0 Å². The maximum atomic E-state index is 5.06. The summed E-state index contributed by atoms with van der Waals surface area (Å²) in [4.78, 5) is 13.5. The average molecular weight is 356 g/mol. The van der Waals surface area contributed by atoms with Gasteiger partial charge in [-0.15, -0.1) is 11.8 Å². The van der Waals surface area contributed by atoms with Gasteiger partial charge in [0.2, 0.25) is 0 Å². The van der Waals surface area contributed by atoms with Gasteiger partial charge in [-0.25, -0.2) is 0 Å². The number of nitrogens with zero attached hydrogens (tertiary/aromatic N) is 3. The standard InChI is InChI=1S/C19H21N3S2/c1-3-14-12-24-19-21-17(16-6-4-5-11-20-16)18(22(14)19)13-7-9-15(23-2)10-8-13/h4-11,14,17-18H,3,12H2,1-2H3/t14-,17+,18-/m1/s1. The Balaban J connectivity index is 1.76. The van der Waals surface area contributed by atoms with E-state index in [0.29, 0.717) is 6.04 Å². The molecule has 5 heteroatoms. The number of rotatable bonds is 4. The number of pyridine rings is 1. The highest BCUT2D eigenvalue weighted by molar-refractivity contribution is 8.14. The zero-order valence-corrected chi connectivity index (χ0v) is 15.6. The first-order valence-corrected chi connectivity index (χ1v) is 10.6. The molecule has 3 heterocycles. The molecule has 2 aliphatic rings. The highest BCUT2D eigenvalue weighted by Gasteiger charge is 2.45. The average Bonchev–Trinajstić information content (AvgIpc) is 3.21. The molecule has 4 rings (SSSR count). The van der Waals surface area contributed by atoms with Gasteiger partial charge in [0, 0.05) is 22.9 Å². The smallest absolute Gasteiger partial charge is 0.160 e. The van der Waals surface area contributed by atoms with E-state index in [1.807, 2.05) is 24.0 Å². The van der Waals surface area contributed by atoms with Crippen LogP contribution in [-0.2, 0) is 0 Å². The van der Waals surface area contributed by atoms with Crippen LogP contribution >= 0.6 is 23.5 Å². The fourth-order valence-electron chi connectivity index (χ4n) is 3.51. The van der Waals surface area contributed by atoms with Crippen LogP contribution < -0.4 is 0 Å². The van der Waals surface area contributed by atoms with Gasteiger partial charge in [-0.1, -0.05) is 36.9 Å². The van der Waals surface area contributed by atoms with Crippen molar-refractivity contribution in [2.75, 3.05) is 12.0 Å². The fraction of sp³-hybridized carbons (Fsp3) is 0.368. The largest absolute Gasteiger partial charge is 0.338 e.